The lowest BCUT2D eigenvalue weighted by molar-refractivity contribution is 0.257. The lowest BCUT2D eigenvalue weighted by Gasteiger charge is -2.21. The molecule has 2 rings (SSSR count). The summed E-state index contributed by atoms with van der Waals surface area (Å²) in [7, 11) is 0. The first-order chi connectivity index (χ1) is 9.20. The Kier molecular flexibility index (Phi) is 4.79. The first-order valence-corrected chi connectivity index (χ1v) is 7.17. The minimum absolute atomic E-state index is 0.115. The van der Waals surface area contributed by atoms with Crippen molar-refractivity contribution >= 4 is 40.0 Å². The molecule has 0 saturated heterocycles. The van der Waals surface area contributed by atoms with Gasteiger partial charge in [-0.25, -0.2) is 4.79 Å². The van der Waals surface area contributed by atoms with E-state index in [2.05, 4.69) is 27.9 Å². The van der Waals surface area contributed by atoms with Crippen molar-refractivity contribution < 1.29 is 4.79 Å². The lowest BCUT2D eigenvalue weighted by atomic mass is 10.3. The highest BCUT2D eigenvalue weighted by atomic mass is 127. The average molecular weight is 366 g/mol. The van der Waals surface area contributed by atoms with E-state index in [9.17, 15) is 4.79 Å². The van der Waals surface area contributed by atoms with Crippen molar-refractivity contribution in [3.05, 3.63) is 58.2 Å². The van der Waals surface area contributed by atoms with E-state index in [1.54, 1.807) is 4.90 Å². The van der Waals surface area contributed by atoms with Crippen LogP contribution < -0.4 is 10.2 Å². The summed E-state index contributed by atoms with van der Waals surface area (Å²) in [6.45, 7) is 2.58. The summed E-state index contributed by atoms with van der Waals surface area (Å²) in [6.07, 6.45) is 0. The van der Waals surface area contributed by atoms with Gasteiger partial charge in [0.05, 0.1) is 0 Å². The Balaban J connectivity index is 2.14. The molecule has 0 unspecified atom stereocenters. The van der Waals surface area contributed by atoms with Crippen LogP contribution in [0.5, 0.6) is 0 Å². The zero-order valence-electron chi connectivity index (χ0n) is 10.6. The van der Waals surface area contributed by atoms with Crippen LogP contribution in [0, 0.1) is 3.57 Å². The maximum atomic E-state index is 12.3. The van der Waals surface area contributed by atoms with Crippen molar-refractivity contribution in [3.63, 3.8) is 0 Å². The van der Waals surface area contributed by atoms with Crippen molar-refractivity contribution in [2.45, 2.75) is 6.92 Å². The van der Waals surface area contributed by atoms with Crippen molar-refractivity contribution in [1.82, 2.24) is 0 Å². The van der Waals surface area contributed by atoms with Gasteiger partial charge in [0.15, 0.2) is 0 Å². The average Bonchev–Trinajstić information content (AvgIpc) is 2.41. The third kappa shape index (κ3) is 3.70. The maximum absolute atomic E-state index is 12.3. The van der Waals surface area contributed by atoms with Gasteiger partial charge in [-0.2, -0.15) is 0 Å². The van der Waals surface area contributed by atoms with Crippen LogP contribution in [0.1, 0.15) is 6.92 Å². The SMILES string of the molecule is CCN(C(=O)Nc1cccc(I)c1)c1ccccc1. The van der Waals surface area contributed by atoms with E-state index < -0.39 is 0 Å². The molecule has 2 aromatic rings. The summed E-state index contributed by atoms with van der Waals surface area (Å²) >= 11 is 2.23. The fourth-order valence-corrected chi connectivity index (χ4v) is 2.35. The van der Waals surface area contributed by atoms with Gasteiger partial charge in [0.1, 0.15) is 0 Å². The third-order valence-electron chi connectivity index (χ3n) is 2.71. The van der Waals surface area contributed by atoms with E-state index in [0.29, 0.717) is 6.54 Å². The van der Waals surface area contributed by atoms with Gasteiger partial charge in [-0.3, -0.25) is 4.90 Å². The quantitative estimate of drug-likeness (QED) is 0.805. The second-order valence-electron chi connectivity index (χ2n) is 4.02. The van der Waals surface area contributed by atoms with Crippen LogP contribution in [0.15, 0.2) is 54.6 Å². The molecule has 2 amide bonds. The lowest BCUT2D eigenvalue weighted by Crippen LogP contribution is -2.34. The predicted octanol–water partition coefficient (Wildman–Crippen LogP) is 4.35. The number of urea groups is 1. The molecule has 1 N–H and O–H groups in total. The molecule has 0 heterocycles. The smallest absolute Gasteiger partial charge is 0.308 e. The molecule has 0 spiro atoms. The summed E-state index contributed by atoms with van der Waals surface area (Å²) in [5.41, 5.74) is 1.71. The van der Waals surface area contributed by atoms with Gasteiger partial charge >= 0.3 is 6.03 Å². The molecule has 0 aliphatic carbocycles. The number of benzene rings is 2. The molecule has 19 heavy (non-hydrogen) atoms. The van der Waals surface area contributed by atoms with Crippen LogP contribution in [0.2, 0.25) is 0 Å². The number of carbonyl (C=O) groups is 1. The molecule has 0 saturated carbocycles. The number of carbonyl (C=O) groups excluding carboxylic acids is 1. The Labute approximate surface area is 126 Å². The normalized spacial score (nSPS) is 10.0. The number of para-hydroxylation sites is 1. The van der Waals surface area contributed by atoms with Gasteiger partial charge in [0.25, 0.3) is 0 Å². The molecule has 2 aromatic carbocycles. The highest BCUT2D eigenvalue weighted by Crippen LogP contribution is 2.17. The molecule has 0 fully saturated rings. The van der Waals surface area contributed by atoms with Gasteiger partial charge in [-0.1, -0.05) is 24.3 Å². The summed E-state index contributed by atoms with van der Waals surface area (Å²) in [5, 5.41) is 2.91. The second kappa shape index (κ2) is 6.56. The van der Waals surface area contributed by atoms with Crippen molar-refractivity contribution in [3.8, 4) is 0 Å². The number of nitrogens with zero attached hydrogens (tertiary/aromatic N) is 1. The molecule has 0 atom stereocenters. The molecule has 0 aliphatic heterocycles. The van der Waals surface area contributed by atoms with Crippen LogP contribution in [0.3, 0.4) is 0 Å². The Morgan fingerprint density at radius 2 is 1.89 bits per heavy atom. The van der Waals surface area contributed by atoms with Gasteiger partial charge in [0.2, 0.25) is 0 Å². The van der Waals surface area contributed by atoms with E-state index in [1.165, 1.54) is 0 Å². The zero-order chi connectivity index (χ0) is 13.7. The molecule has 0 aromatic heterocycles. The molecule has 0 radical (unpaired) electrons. The zero-order valence-corrected chi connectivity index (χ0v) is 12.8. The van der Waals surface area contributed by atoms with Gasteiger partial charge < -0.3 is 5.32 Å². The predicted molar refractivity (Wildman–Crippen MR) is 87.6 cm³/mol. The number of hydrogen-bond acceptors (Lipinski definition) is 1. The standard InChI is InChI=1S/C15H15IN2O/c1-2-18(14-9-4-3-5-10-14)15(19)17-13-8-6-7-12(16)11-13/h3-11H,2H2,1H3,(H,17,19). The van der Waals surface area contributed by atoms with Gasteiger partial charge in [-0.15, -0.1) is 0 Å². The number of nitrogens with one attached hydrogen (secondary N) is 1. The first kappa shape index (κ1) is 13.9. The van der Waals surface area contributed by atoms with Crippen LogP contribution in [0.4, 0.5) is 16.2 Å². The minimum Gasteiger partial charge on any atom is -0.308 e. The van der Waals surface area contributed by atoms with E-state index in [4.69, 9.17) is 0 Å². The maximum Gasteiger partial charge on any atom is 0.326 e. The largest absolute Gasteiger partial charge is 0.326 e. The van der Waals surface area contributed by atoms with E-state index in [0.717, 1.165) is 14.9 Å². The van der Waals surface area contributed by atoms with Crippen LogP contribution in [0.25, 0.3) is 0 Å². The first-order valence-electron chi connectivity index (χ1n) is 6.10. The molecule has 0 aliphatic rings. The number of hydrogen-bond donors (Lipinski definition) is 1. The summed E-state index contributed by atoms with van der Waals surface area (Å²) in [5.74, 6) is 0. The Morgan fingerprint density at radius 3 is 2.53 bits per heavy atom. The summed E-state index contributed by atoms with van der Waals surface area (Å²) in [6, 6.07) is 17.3. The number of rotatable bonds is 3. The Bertz CT molecular complexity index is 557. The summed E-state index contributed by atoms with van der Waals surface area (Å²) < 4.78 is 1.10. The Morgan fingerprint density at radius 1 is 1.16 bits per heavy atom. The van der Waals surface area contributed by atoms with Crippen LogP contribution in [-0.2, 0) is 0 Å². The molecular formula is C15H15IN2O. The molecule has 0 bridgehead atoms. The van der Waals surface area contributed by atoms with Crippen LogP contribution >= 0.6 is 22.6 Å². The van der Waals surface area contributed by atoms with Crippen molar-refractivity contribution in [2.75, 3.05) is 16.8 Å². The summed E-state index contributed by atoms with van der Waals surface area (Å²) in [4.78, 5) is 14.0. The molecule has 3 nitrogen and oxygen atoms in total. The fraction of sp³-hybridized carbons (Fsp3) is 0.133. The monoisotopic (exact) mass is 366 g/mol. The van der Waals surface area contributed by atoms with E-state index >= 15 is 0 Å². The van der Waals surface area contributed by atoms with Gasteiger partial charge in [-0.05, 0) is 59.8 Å². The highest BCUT2D eigenvalue weighted by molar-refractivity contribution is 14.1. The van der Waals surface area contributed by atoms with Crippen molar-refractivity contribution in [1.29, 1.82) is 0 Å². The number of halogens is 1. The number of anilines is 2. The topological polar surface area (TPSA) is 32.3 Å². The molecule has 98 valence electrons. The number of amides is 2. The van der Waals surface area contributed by atoms with E-state index in [-0.39, 0.29) is 6.03 Å². The van der Waals surface area contributed by atoms with E-state index in [1.807, 2.05) is 61.5 Å². The van der Waals surface area contributed by atoms with Gasteiger partial charge in [0, 0.05) is 21.5 Å². The van der Waals surface area contributed by atoms with Crippen molar-refractivity contribution in [2.24, 2.45) is 0 Å². The minimum atomic E-state index is -0.115. The molecule has 4 heteroatoms. The van der Waals surface area contributed by atoms with Crippen LogP contribution in [-0.4, -0.2) is 12.6 Å². The molecular weight excluding hydrogens is 351 g/mol. The fourth-order valence-electron chi connectivity index (χ4n) is 1.81. The second-order valence-corrected chi connectivity index (χ2v) is 5.27. The highest BCUT2D eigenvalue weighted by Gasteiger charge is 2.13. The Hall–Kier alpha value is -1.56. The third-order valence-corrected chi connectivity index (χ3v) is 3.38.